The summed E-state index contributed by atoms with van der Waals surface area (Å²) in [7, 11) is 1.37. The van der Waals surface area contributed by atoms with Gasteiger partial charge in [0.25, 0.3) is 0 Å². The highest BCUT2D eigenvalue weighted by Crippen LogP contribution is 2.26. The van der Waals surface area contributed by atoms with Crippen LogP contribution in [0.15, 0.2) is 18.2 Å². The predicted molar refractivity (Wildman–Crippen MR) is 80.9 cm³/mol. The highest BCUT2D eigenvalue weighted by Gasteiger charge is 2.36. The number of carbonyl (C=O) groups excluding carboxylic acids is 1. The lowest BCUT2D eigenvalue weighted by Gasteiger charge is -2.27. The molecule has 0 heterocycles. The summed E-state index contributed by atoms with van der Waals surface area (Å²) in [4.78, 5) is 23.5. The van der Waals surface area contributed by atoms with Gasteiger partial charge in [0.1, 0.15) is 0 Å². The first-order valence-corrected chi connectivity index (χ1v) is 6.96. The zero-order chi connectivity index (χ0) is 16.2. The van der Waals surface area contributed by atoms with Gasteiger partial charge in [-0.25, -0.2) is 4.79 Å². The molecular formula is C14H17Cl2NO4. The molecule has 0 saturated carbocycles. The Balaban J connectivity index is 2.91. The number of ether oxygens (including phenoxy) is 1. The van der Waals surface area contributed by atoms with Crippen LogP contribution < -0.4 is 5.32 Å². The molecule has 0 saturated heterocycles. The van der Waals surface area contributed by atoms with Gasteiger partial charge in [-0.2, -0.15) is 0 Å². The largest absolute Gasteiger partial charge is 0.479 e. The van der Waals surface area contributed by atoms with E-state index in [1.165, 1.54) is 14.0 Å². The molecule has 1 rings (SSSR count). The topological polar surface area (TPSA) is 75.6 Å². The highest BCUT2D eigenvalue weighted by atomic mass is 35.5. The third-order valence-electron chi connectivity index (χ3n) is 3.14. The summed E-state index contributed by atoms with van der Waals surface area (Å²) in [6, 6.07) is 4.85. The van der Waals surface area contributed by atoms with Crippen LogP contribution in [0.5, 0.6) is 0 Å². The van der Waals surface area contributed by atoms with Gasteiger partial charge in [-0.1, -0.05) is 29.3 Å². The number of carboxylic acid groups (broad SMARTS) is 1. The van der Waals surface area contributed by atoms with Gasteiger partial charge in [0.05, 0.1) is 22.6 Å². The van der Waals surface area contributed by atoms with Crippen molar-refractivity contribution in [2.75, 3.05) is 13.7 Å². The van der Waals surface area contributed by atoms with E-state index in [2.05, 4.69) is 5.32 Å². The molecule has 2 atom stereocenters. The monoisotopic (exact) mass is 333 g/mol. The number of rotatable bonds is 6. The molecule has 5 nitrogen and oxygen atoms in total. The second kappa shape index (κ2) is 7.11. The quantitative estimate of drug-likeness (QED) is 0.839. The van der Waals surface area contributed by atoms with Crippen LogP contribution in [-0.4, -0.2) is 36.2 Å². The van der Waals surface area contributed by atoms with Crippen molar-refractivity contribution >= 4 is 35.1 Å². The fourth-order valence-electron chi connectivity index (χ4n) is 1.75. The Labute approximate surface area is 133 Å². The number of halogens is 2. The molecule has 1 aromatic carbocycles. The van der Waals surface area contributed by atoms with Crippen LogP contribution in [0, 0.1) is 0 Å². The van der Waals surface area contributed by atoms with E-state index in [4.69, 9.17) is 27.9 Å². The molecule has 0 aromatic heterocycles. The number of carbonyl (C=O) groups is 2. The van der Waals surface area contributed by atoms with Crippen LogP contribution in [0.25, 0.3) is 0 Å². The number of aliphatic carboxylic acids is 1. The summed E-state index contributed by atoms with van der Waals surface area (Å²) in [5.74, 6) is -2.18. The van der Waals surface area contributed by atoms with Crippen LogP contribution in [0.3, 0.4) is 0 Å². The summed E-state index contributed by atoms with van der Waals surface area (Å²) in [5, 5.41) is 12.4. The molecule has 2 N–H and O–H groups in total. The van der Waals surface area contributed by atoms with Crippen molar-refractivity contribution in [1.82, 2.24) is 5.32 Å². The number of benzene rings is 1. The van der Waals surface area contributed by atoms with Gasteiger partial charge in [0, 0.05) is 7.11 Å². The fourth-order valence-corrected chi connectivity index (χ4v) is 2.06. The lowest BCUT2D eigenvalue weighted by molar-refractivity contribution is -0.149. The minimum Gasteiger partial charge on any atom is -0.479 e. The maximum absolute atomic E-state index is 12.2. The zero-order valence-electron chi connectivity index (χ0n) is 11.9. The highest BCUT2D eigenvalue weighted by molar-refractivity contribution is 6.42. The van der Waals surface area contributed by atoms with E-state index in [-0.39, 0.29) is 6.61 Å². The van der Waals surface area contributed by atoms with E-state index >= 15 is 0 Å². The van der Waals surface area contributed by atoms with E-state index in [9.17, 15) is 14.7 Å². The number of nitrogens with one attached hydrogen (secondary N) is 1. The second-order valence-electron chi connectivity index (χ2n) is 4.95. The normalized spacial score (nSPS) is 15.1. The van der Waals surface area contributed by atoms with Crippen molar-refractivity contribution in [2.24, 2.45) is 0 Å². The Morgan fingerprint density at radius 1 is 1.38 bits per heavy atom. The molecule has 0 bridgehead atoms. The molecule has 2 unspecified atom stereocenters. The number of methoxy groups -OCH3 is 1. The Hall–Kier alpha value is -1.30. The molecular weight excluding hydrogens is 317 g/mol. The summed E-state index contributed by atoms with van der Waals surface area (Å²) in [6.45, 7) is 2.91. The SMILES string of the molecule is COCC(C)(NC(=O)C(C)c1ccc(Cl)c(Cl)c1)C(=O)O. The minimum atomic E-state index is -1.49. The van der Waals surface area contributed by atoms with Gasteiger partial charge in [-0.15, -0.1) is 0 Å². The van der Waals surface area contributed by atoms with Crippen LogP contribution >= 0.6 is 23.2 Å². The molecule has 0 aliphatic carbocycles. The first-order valence-electron chi connectivity index (χ1n) is 6.20. The fraction of sp³-hybridized carbons (Fsp3) is 0.429. The molecule has 7 heteroatoms. The molecule has 0 radical (unpaired) electrons. The smallest absolute Gasteiger partial charge is 0.331 e. The molecule has 0 aliphatic heterocycles. The van der Waals surface area contributed by atoms with Crippen LogP contribution in [0.2, 0.25) is 10.0 Å². The second-order valence-corrected chi connectivity index (χ2v) is 5.77. The summed E-state index contributed by atoms with van der Waals surface area (Å²) in [6.07, 6.45) is 0. The van der Waals surface area contributed by atoms with Crippen LogP contribution in [-0.2, 0) is 14.3 Å². The Morgan fingerprint density at radius 3 is 2.48 bits per heavy atom. The summed E-state index contributed by atoms with van der Waals surface area (Å²) in [5.41, 5.74) is -0.844. The van der Waals surface area contributed by atoms with Crippen LogP contribution in [0.1, 0.15) is 25.3 Å². The molecule has 1 amide bonds. The number of amides is 1. The third-order valence-corrected chi connectivity index (χ3v) is 3.88. The van der Waals surface area contributed by atoms with Gasteiger partial charge >= 0.3 is 5.97 Å². The van der Waals surface area contributed by atoms with Crippen molar-refractivity contribution in [3.8, 4) is 0 Å². The van der Waals surface area contributed by atoms with Gasteiger partial charge in [0.2, 0.25) is 5.91 Å². The summed E-state index contributed by atoms with van der Waals surface area (Å²) < 4.78 is 4.86. The first kappa shape index (κ1) is 17.8. The maximum Gasteiger partial charge on any atom is 0.331 e. The lowest BCUT2D eigenvalue weighted by Crippen LogP contribution is -2.56. The Kier molecular flexibility index (Phi) is 6.01. The number of hydrogen-bond donors (Lipinski definition) is 2. The molecule has 0 fully saturated rings. The lowest BCUT2D eigenvalue weighted by atomic mass is 9.97. The maximum atomic E-state index is 12.2. The van der Waals surface area contributed by atoms with E-state index in [0.717, 1.165) is 0 Å². The Morgan fingerprint density at radius 2 is 2.00 bits per heavy atom. The van der Waals surface area contributed by atoms with Gasteiger partial charge in [-0.05, 0) is 31.5 Å². The Bertz CT molecular complexity index is 550. The third kappa shape index (κ3) is 4.33. The average molecular weight is 334 g/mol. The molecule has 0 aliphatic rings. The first-order chi connectivity index (χ1) is 9.71. The molecule has 1 aromatic rings. The summed E-state index contributed by atoms with van der Waals surface area (Å²) >= 11 is 11.7. The van der Waals surface area contributed by atoms with Crippen molar-refractivity contribution in [3.63, 3.8) is 0 Å². The molecule has 0 spiro atoms. The van der Waals surface area contributed by atoms with Gasteiger partial charge in [0.15, 0.2) is 5.54 Å². The average Bonchev–Trinajstić information content (AvgIpc) is 2.41. The van der Waals surface area contributed by atoms with Crippen molar-refractivity contribution in [2.45, 2.75) is 25.3 Å². The zero-order valence-corrected chi connectivity index (χ0v) is 13.5. The van der Waals surface area contributed by atoms with Crippen molar-refractivity contribution < 1.29 is 19.4 Å². The minimum absolute atomic E-state index is 0.137. The van der Waals surface area contributed by atoms with Gasteiger partial charge < -0.3 is 15.2 Å². The van der Waals surface area contributed by atoms with E-state index in [1.54, 1.807) is 25.1 Å². The predicted octanol–water partition coefficient (Wildman–Crippen LogP) is 2.70. The molecule has 21 heavy (non-hydrogen) atoms. The van der Waals surface area contributed by atoms with E-state index < -0.39 is 23.3 Å². The molecule has 116 valence electrons. The van der Waals surface area contributed by atoms with E-state index in [0.29, 0.717) is 15.6 Å². The standard InChI is InChI=1S/C14H17Cl2NO4/c1-8(9-4-5-10(15)11(16)6-9)12(18)17-14(2,7-21-3)13(19)20/h4-6,8H,7H2,1-3H3,(H,17,18)(H,19,20). The number of hydrogen-bond acceptors (Lipinski definition) is 3. The van der Waals surface area contributed by atoms with Crippen LogP contribution in [0.4, 0.5) is 0 Å². The van der Waals surface area contributed by atoms with Crippen molar-refractivity contribution in [3.05, 3.63) is 33.8 Å². The number of carboxylic acids is 1. The van der Waals surface area contributed by atoms with Crippen molar-refractivity contribution in [1.29, 1.82) is 0 Å². The van der Waals surface area contributed by atoms with Gasteiger partial charge in [-0.3, -0.25) is 4.79 Å². The van der Waals surface area contributed by atoms with E-state index in [1.807, 2.05) is 0 Å².